The number of carbonyl (C=O) groups excluding carboxylic acids is 1. The second-order valence-electron chi connectivity index (χ2n) is 7.09. The molecule has 4 aromatic rings. The molecule has 0 fully saturated rings. The molecule has 158 valence electrons. The van der Waals surface area contributed by atoms with Gasteiger partial charge < -0.3 is 9.73 Å². The Bertz CT molecular complexity index is 1180. The van der Waals surface area contributed by atoms with Gasteiger partial charge in [0.25, 0.3) is 0 Å². The lowest BCUT2D eigenvalue weighted by atomic mass is 10.1. The number of halogens is 1. The smallest absolute Gasteiger partial charge is 0.234 e. The third-order valence-electron chi connectivity index (χ3n) is 4.77. The molecule has 0 saturated carbocycles. The number of aryl methyl sites for hydroxylation is 2. The molecule has 6 nitrogen and oxygen atoms in total. The maximum absolute atomic E-state index is 12.6. The van der Waals surface area contributed by atoms with E-state index in [4.69, 9.17) is 16.0 Å². The Kier molecular flexibility index (Phi) is 6.44. The largest absolute Gasteiger partial charge is 0.467 e. The summed E-state index contributed by atoms with van der Waals surface area (Å²) >= 11 is 7.50. The molecule has 0 aliphatic carbocycles. The Labute approximate surface area is 189 Å². The Morgan fingerprint density at radius 3 is 2.58 bits per heavy atom. The van der Waals surface area contributed by atoms with E-state index >= 15 is 0 Å². The summed E-state index contributed by atoms with van der Waals surface area (Å²) < 4.78 is 7.45. The highest BCUT2D eigenvalue weighted by Gasteiger charge is 2.18. The average molecular weight is 453 g/mol. The lowest BCUT2D eigenvalue weighted by molar-refractivity contribution is -0.113. The van der Waals surface area contributed by atoms with Crippen LogP contribution in [0.1, 0.15) is 16.9 Å². The van der Waals surface area contributed by atoms with Gasteiger partial charge in [-0.05, 0) is 49.2 Å². The number of benzene rings is 2. The van der Waals surface area contributed by atoms with Crippen molar-refractivity contribution >= 4 is 35.0 Å². The molecule has 0 unspecified atom stereocenters. The van der Waals surface area contributed by atoms with Crippen molar-refractivity contribution in [3.63, 3.8) is 0 Å². The minimum absolute atomic E-state index is 0.0979. The molecule has 0 saturated heterocycles. The number of anilines is 1. The van der Waals surface area contributed by atoms with Gasteiger partial charge in [0.15, 0.2) is 11.0 Å². The molecule has 31 heavy (non-hydrogen) atoms. The van der Waals surface area contributed by atoms with Gasteiger partial charge in [-0.3, -0.25) is 9.36 Å². The maximum atomic E-state index is 12.6. The number of hydrogen-bond donors (Lipinski definition) is 1. The molecule has 4 rings (SSSR count). The Morgan fingerprint density at radius 2 is 1.87 bits per heavy atom. The molecular weight excluding hydrogens is 432 g/mol. The minimum atomic E-state index is -0.0979. The second kappa shape index (κ2) is 9.41. The van der Waals surface area contributed by atoms with E-state index in [9.17, 15) is 4.79 Å². The summed E-state index contributed by atoms with van der Waals surface area (Å²) in [6.07, 6.45) is 1.63. The number of para-hydroxylation sites is 1. The number of carbonyl (C=O) groups is 1. The first kappa shape index (κ1) is 21.2. The Balaban J connectivity index is 1.55. The first-order valence-corrected chi connectivity index (χ1v) is 11.1. The Morgan fingerprint density at radius 1 is 1.10 bits per heavy atom. The van der Waals surface area contributed by atoms with E-state index in [1.165, 1.54) is 11.8 Å². The SMILES string of the molecule is Cc1cccc(C)c1NC(=O)CSc1nnc(-c2cccc(Cl)c2)n1Cc1ccco1. The van der Waals surface area contributed by atoms with Crippen LogP contribution in [0, 0.1) is 13.8 Å². The molecular formula is C23H21ClN4O2S. The summed E-state index contributed by atoms with van der Waals surface area (Å²) in [4.78, 5) is 12.6. The summed E-state index contributed by atoms with van der Waals surface area (Å²) in [5, 5.41) is 12.9. The molecule has 0 aliphatic heterocycles. The fourth-order valence-electron chi connectivity index (χ4n) is 3.25. The summed E-state index contributed by atoms with van der Waals surface area (Å²) in [5.41, 5.74) is 3.76. The number of rotatable bonds is 7. The topological polar surface area (TPSA) is 73.0 Å². The van der Waals surface area contributed by atoms with E-state index in [0.29, 0.717) is 22.5 Å². The molecule has 1 amide bonds. The second-order valence-corrected chi connectivity index (χ2v) is 8.46. The molecule has 0 bridgehead atoms. The summed E-state index contributed by atoms with van der Waals surface area (Å²) in [7, 11) is 0. The van der Waals surface area contributed by atoms with Crippen molar-refractivity contribution < 1.29 is 9.21 Å². The molecule has 0 aliphatic rings. The van der Waals surface area contributed by atoms with Crippen LogP contribution in [0.5, 0.6) is 0 Å². The van der Waals surface area contributed by atoms with Crippen molar-refractivity contribution in [1.82, 2.24) is 14.8 Å². The van der Waals surface area contributed by atoms with Gasteiger partial charge in [0, 0.05) is 16.3 Å². The zero-order valence-corrected chi connectivity index (χ0v) is 18.7. The van der Waals surface area contributed by atoms with Crippen LogP contribution in [0.15, 0.2) is 70.4 Å². The third kappa shape index (κ3) is 5.00. The van der Waals surface area contributed by atoms with Gasteiger partial charge in [-0.15, -0.1) is 10.2 Å². The number of hydrogen-bond acceptors (Lipinski definition) is 5. The molecule has 8 heteroatoms. The lowest BCUT2D eigenvalue weighted by Crippen LogP contribution is -2.16. The van der Waals surface area contributed by atoms with Gasteiger partial charge in [-0.25, -0.2) is 0 Å². The van der Waals surface area contributed by atoms with E-state index in [0.717, 1.165) is 28.1 Å². The van der Waals surface area contributed by atoms with E-state index < -0.39 is 0 Å². The fourth-order valence-corrected chi connectivity index (χ4v) is 4.18. The standard InChI is InChI=1S/C23H21ClN4O2S/c1-15-6-3-7-16(2)21(15)25-20(29)14-31-23-27-26-22(17-8-4-9-18(24)12-17)28(23)13-19-10-5-11-30-19/h3-12H,13-14H2,1-2H3,(H,25,29). The first-order chi connectivity index (χ1) is 15.0. The normalized spacial score (nSPS) is 10.9. The van der Waals surface area contributed by atoms with Gasteiger partial charge in [0.2, 0.25) is 5.91 Å². The van der Waals surface area contributed by atoms with Crippen LogP contribution in [-0.4, -0.2) is 26.4 Å². The maximum Gasteiger partial charge on any atom is 0.234 e. The molecule has 0 radical (unpaired) electrons. The van der Waals surface area contributed by atoms with E-state index in [1.54, 1.807) is 6.26 Å². The van der Waals surface area contributed by atoms with Gasteiger partial charge in [0.05, 0.1) is 18.6 Å². The number of nitrogens with one attached hydrogen (secondary N) is 1. The van der Waals surface area contributed by atoms with Crippen molar-refractivity contribution in [3.05, 3.63) is 82.8 Å². The van der Waals surface area contributed by atoms with Gasteiger partial charge in [-0.2, -0.15) is 0 Å². The van der Waals surface area contributed by atoms with Crippen molar-refractivity contribution in [2.45, 2.75) is 25.5 Å². The van der Waals surface area contributed by atoms with E-state index in [2.05, 4.69) is 15.5 Å². The fraction of sp³-hybridized carbons (Fsp3) is 0.174. The predicted octanol–water partition coefficient (Wildman–Crippen LogP) is 5.59. The lowest BCUT2D eigenvalue weighted by Gasteiger charge is -2.12. The van der Waals surface area contributed by atoms with Gasteiger partial charge in [0.1, 0.15) is 5.76 Å². The zero-order valence-electron chi connectivity index (χ0n) is 17.1. The molecule has 2 aromatic heterocycles. The minimum Gasteiger partial charge on any atom is -0.467 e. The zero-order chi connectivity index (χ0) is 21.8. The van der Waals surface area contributed by atoms with Crippen LogP contribution >= 0.6 is 23.4 Å². The van der Waals surface area contributed by atoms with Crippen LogP contribution in [0.4, 0.5) is 5.69 Å². The summed E-state index contributed by atoms with van der Waals surface area (Å²) in [6.45, 7) is 4.41. The van der Waals surface area contributed by atoms with Crippen LogP contribution in [0.25, 0.3) is 11.4 Å². The van der Waals surface area contributed by atoms with Crippen molar-refractivity contribution in [3.8, 4) is 11.4 Å². The third-order valence-corrected chi connectivity index (χ3v) is 5.97. The highest BCUT2D eigenvalue weighted by Crippen LogP contribution is 2.27. The number of amides is 1. The predicted molar refractivity (Wildman–Crippen MR) is 124 cm³/mol. The van der Waals surface area contributed by atoms with Crippen LogP contribution < -0.4 is 5.32 Å². The monoisotopic (exact) mass is 452 g/mol. The number of aromatic nitrogens is 3. The Hall–Kier alpha value is -3.03. The molecule has 0 spiro atoms. The van der Waals surface area contributed by atoms with E-state index in [-0.39, 0.29) is 11.7 Å². The summed E-state index contributed by atoms with van der Waals surface area (Å²) in [6, 6.07) is 17.1. The molecule has 0 atom stereocenters. The molecule has 2 heterocycles. The number of furan rings is 1. The highest BCUT2D eigenvalue weighted by molar-refractivity contribution is 7.99. The van der Waals surface area contributed by atoms with Crippen molar-refractivity contribution in [1.29, 1.82) is 0 Å². The van der Waals surface area contributed by atoms with Crippen molar-refractivity contribution in [2.24, 2.45) is 0 Å². The number of nitrogens with zero attached hydrogens (tertiary/aromatic N) is 3. The quantitative estimate of drug-likeness (QED) is 0.370. The summed E-state index contributed by atoms with van der Waals surface area (Å²) in [5.74, 6) is 1.54. The van der Waals surface area contributed by atoms with E-state index in [1.807, 2.05) is 73.0 Å². The first-order valence-electron chi connectivity index (χ1n) is 9.71. The highest BCUT2D eigenvalue weighted by atomic mass is 35.5. The number of thioether (sulfide) groups is 1. The molecule has 2 aromatic carbocycles. The van der Waals surface area contributed by atoms with Crippen LogP contribution in [0.2, 0.25) is 5.02 Å². The van der Waals surface area contributed by atoms with Crippen LogP contribution in [-0.2, 0) is 11.3 Å². The van der Waals surface area contributed by atoms with Crippen LogP contribution in [0.3, 0.4) is 0 Å². The van der Waals surface area contributed by atoms with Gasteiger partial charge in [-0.1, -0.05) is 53.7 Å². The van der Waals surface area contributed by atoms with Gasteiger partial charge >= 0.3 is 0 Å². The van der Waals surface area contributed by atoms with Crippen molar-refractivity contribution in [2.75, 3.05) is 11.1 Å². The molecule has 1 N–H and O–H groups in total. The average Bonchev–Trinajstić information content (AvgIpc) is 3.40.